The number of aliphatic imine (C=N–C) groups is 1. The highest BCUT2D eigenvalue weighted by Crippen LogP contribution is 2.31. The molecule has 1 N–H and O–H groups in total. The van der Waals surface area contributed by atoms with Crippen molar-refractivity contribution in [3.63, 3.8) is 0 Å². The highest BCUT2D eigenvalue weighted by Gasteiger charge is 2.30. The van der Waals surface area contributed by atoms with Crippen molar-refractivity contribution < 1.29 is 5.11 Å². The van der Waals surface area contributed by atoms with E-state index in [1.807, 2.05) is 29.7 Å². The van der Waals surface area contributed by atoms with Crippen LogP contribution in [0.5, 0.6) is 0 Å². The summed E-state index contributed by atoms with van der Waals surface area (Å²) in [6.45, 7) is 1.95. The molecule has 0 aromatic carbocycles. The molecule has 1 aliphatic heterocycles. The molecule has 1 atom stereocenters. The van der Waals surface area contributed by atoms with Crippen molar-refractivity contribution in [1.29, 1.82) is 0 Å². The molecule has 0 amide bonds. The second-order valence-electron chi connectivity index (χ2n) is 4.77. The molecule has 0 saturated heterocycles. The van der Waals surface area contributed by atoms with E-state index in [1.54, 1.807) is 18.7 Å². The molecule has 0 bridgehead atoms. The summed E-state index contributed by atoms with van der Waals surface area (Å²) in [6.07, 6.45) is 13.2. The zero-order chi connectivity index (χ0) is 14.0. The van der Waals surface area contributed by atoms with Gasteiger partial charge in [-0.05, 0) is 19.1 Å². The topological polar surface area (TPSA) is 76.2 Å². The Kier molecular flexibility index (Phi) is 3.15. The first-order valence-corrected chi connectivity index (χ1v) is 6.38. The third-order valence-corrected chi connectivity index (χ3v) is 3.38. The van der Waals surface area contributed by atoms with E-state index < -0.39 is 5.66 Å². The molecule has 0 saturated carbocycles. The lowest BCUT2D eigenvalue weighted by atomic mass is 10.1. The van der Waals surface area contributed by atoms with Crippen LogP contribution in [0.2, 0.25) is 0 Å². The van der Waals surface area contributed by atoms with E-state index in [1.165, 1.54) is 6.33 Å². The fourth-order valence-corrected chi connectivity index (χ4v) is 2.21. The Bertz CT molecular complexity index is 701. The Hall–Kier alpha value is -2.34. The summed E-state index contributed by atoms with van der Waals surface area (Å²) >= 11 is 0. The number of imidazole rings is 1. The Balaban J connectivity index is 2.07. The predicted octanol–water partition coefficient (Wildman–Crippen LogP) is 1.45. The van der Waals surface area contributed by atoms with Crippen molar-refractivity contribution in [2.45, 2.75) is 19.0 Å². The molecule has 6 nitrogen and oxygen atoms in total. The van der Waals surface area contributed by atoms with Crippen LogP contribution < -0.4 is 0 Å². The molecule has 0 aliphatic carbocycles. The predicted molar refractivity (Wildman–Crippen MR) is 76.4 cm³/mol. The molecule has 6 heteroatoms. The number of hydrogen-bond acceptors (Lipinski definition) is 5. The van der Waals surface area contributed by atoms with Gasteiger partial charge in [-0.25, -0.2) is 15.0 Å². The lowest BCUT2D eigenvalue weighted by Crippen LogP contribution is -2.27. The fourth-order valence-electron chi connectivity index (χ4n) is 2.21. The molecule has 3 rings (SSSR count). The minimum atomic E-state index is -0.556. The van der Waals surface area contributed by atoms with E-state index in [0.717, 1.165) is 16.7 Å². The van der Waals surface area contributed by atoms with Gasteiger partial charge in [0.05, 0.1) is 19.1 Å². The maximum atomic E-state index is 9.13. The second kappa shape index (κ2) is 4.97. The quantitative estimate of drug-likeness (QED) is 0.852. The Morgan fingerprint density at radius 3 is 3.10 bits per heavy atom. The third-order valence-electron chi connectivity index (χ3n) is 3.38. The molecule has 2 aromatic rings. The van der Waals surface area contributed by atoms with Crippen LogP contribution in [0.1, 0.15) is 13.3 Å². The lowest BCUT2D eigenvalue weighted by molar-refractivity contribution is 0.329. The Morgan fingerprint density at radius 1 is 1.45 bits per heavy atom. The molecule has 0 radical (unpaired) electrons. The Labute approximate surface area is 116 Å². The summed E-state index contributed by atoms with van der Waals surface area (Å²) in [5.41, 5.74) is 1.85. The number of rotatable bonds is 4. The number of aliphatic hydroxyl groups is 1. The summed E-state index contributed by atoms with van der Waals surface area (Å²) in [4.78, 5) is 17.1. The average Bonchev–Trinajstić information content (AvgIpc) is 3.12. The fraction of sp³-hybridized carbons (Fsp3) is 0.286. The number of hydrogen-bond donors (Lipinski definition) is 1. The van der Waals surface area contributed by atoms with Crippen molar-refractivity contribution in [2.75, 3.05) is 6.61 Å². The summed E-state index contributed by atoms with van der Waals surface area (Å²) in [5, 5.41) is 9.13. The average molecular weight is 269 g/mol. The number of allylic oxidation sites excluding steroid dienone is 1. The van der Waals surface area contributed by atoms with Crippen LogP contribution in [0.4, 0.5) is 0 Å². The number of aliphatic hydroxyl groups excluding tert-OH is 1. The van der Waals surface area contributed by atoms with Crippen LogP contribution in [0, 0.1) is 0 Å². The van der Waals surface area contributed by atoms with E-state index in [9.17, 15) is 0 Å². The van der Waals surface area contributed by atoms with Crippen molar-refractivity contribution in [1.82, 2.24) is 19.5 Å². The van der Waals surface area contributed by atoms with E-state index in [0.29, 0.717) is 6.42 Å². The van der Waals surface area contributed by atoms with E-state index in [-0.39, 0.29) is 6.61 Å². The standard InChI is InChI=1S/C14H15N5O/c1-11(8-20)3-5-14(4-2-6-18-14)19-10-17-12-7-15-9-16-13(12)19/h2-4,6-7,9-10,20H,5,8H2,1H3. The number of nitrogens with zero attached hydrogens (tertiary/aromatic N) is 5. The SMILES string of the molecule is CC(=CCC1(n2cnc3cncnc32)C=CC=N1)CO. The van der Waals surface area contributed by atoms with E-state index in [2.05, 4.69) is 19.9 Å². The molecule has 3 heterocycles. The van der Waals surface area contributed by atoms with Gasteiger partial charge in [-0.1, -0.05) is 11.6 Å². The van der Waals surface area contributed by atoms with Crippen LogP contribution >= 0.6 is 0 Å². The van der Waals surface area contributed by atoms with E-state index in [4.69, 9.17) is 5.11 Å². The molecule has 1 unspecified atom stereocenters. The minimum Gasteiger partial charge on any atom is -0.392 e. The van der Waals surface area contributed by atoms with Gasteiger partial charge >= 0.3 is 0 Å². The van der Waals surface area contributed by atoms with Gasteiger partial charge in [0.25, 0.3) is 0 Å². The van der Waals surface area contributed by atoms with Crippen molar-refractivity contribution in [3.05, 3.63) is 42.7 Å². The first kappa shape index (κ1) is 12.7. The zero-order valence-electron chi connectivity index (χ0n) is 11.1. The summed E-state index contributed by atoms with van der Waals surface area (Å²) in [5.74, 6) is 0. The normalized spacial score (nSPS) is 22.0. The zero-order valence-corrected chi connectivity index (χ0v) is 11.1. The van der Waals surface area contributed by atoms with Crippen LogP contribution in [-0.2, 0) is 5.66 Å². The maximum Gasteiger partial charge on any atom is 0.165 e. The number of aromatic nitrogens is 4. The smallest absolute Gasteiger partial charge is 0.165 e. The summed E-state index contributed by atoms with van der Waals surface area (Å²) in [6, 6.07) is 0. The van der Waals surface area contributed by atoms with Crippen molar-refractivity contribution >= 4 is 17.4 Å². The van der Waals surface area contributed by atoms with Gasteiger partial charge in [0.1, 0.15) is 11.8 Å². The molecular weight excluding hydrogens is 254 g/mol. The first-order valence-electron chi connectivity index (χ1n) is 6.38. The van der Waals surface area contributed by atoms with Gasteiger partial charge < -0.3 is 5.11 Å². The maximum absolute atomic E-state index is 9.13. The van der Waals surface area contributed by atoms with Crippen LogP contribution in [0.25, 0.3) is 11.2 Å². The molecule has 2 aromatic heterocycles. The highest BCUT2D eigenvalue weighted by molar-refractivity contribution is 5.76. The Morgan fingerprint density at radius 2 is 2.35 bits per heavy atom. The van der Waals surface area contributed by atoms with Crippen molar-refractivity contribution in [2.24, 2.45) is 4.99 Å². The highest BCUT2D eigenvalue weighted by atomic mass is 16.3. The molecule has 0 fully saturated rings. The largest absolute Gasteiger partial charge is 0.392 e. The molecule has 102 valence electrons. The van der Waals surface area contributed by atoms with Gasteiger partial charge in [-0.15, -0.1) is 0 Å². The minimum absolute atomic E-state index is 0.0519. The molecule has 20 heavy (non-hydrogen) atoms. The summed E-state index contributed by atoms with van der Waals surface area (Å²) in [7, 11) is 0. The van der Waals surface area contributed by atoms with Gasteiger partial charge in [0.15, 0.2) is 11.3 Å². The van der Waals surface area contributed by atoms with Gasteiger partial charge in [0, 0.05) is 12.6 Å². The van der Waals surface area contributed by atoms with Gasteiger partial charge in [-0.2, -0.15) is 0 Å². The van der Waals surface area contributed by atoms with E-state index >= 15 is 0 Å². The lowest BCUT2D eigenvalue weighted by Gasteiger charge is -2.25. The molecular formula is C14H15N5O. The second-order valence-corrected chi connectivity index (χ2v) is 4.77. The third kappa shape index (κ3) is 2.04. The van der Waals surface area contributed by atoms with Gasteiger partial charge in [0.2, 0.25) is 0 Å². The van der Waals surface area contributed by atoms with Crippen LogP contribution in [0.15, 0.2) is 47.6 Å². The van der Waals surface area contributed by atoms with Crippen molar-refractivity contribution in [3.8, 4) is 0 Å². The first-order chi connectivity index (χ1) is 9.75. The molecule has 0 spiro atoms. The summed E-state index contributed by atoms with van der Waals surface area (Å²) < 4.78 is 1.94. The molecule has 1 aliphatic rings. The van der Waals surface area contributed by atoms with Gasteiger partial charge in [-0.3, -0.25) is 9.56 Å². The van der Waals surface area contributed by atoms with Crippen LogP contribution in [0.3, 0.4) is 0 Å². The van der Waals surface area contributed by atoms with Crippen LogP contribution in [-0.4, -0.2) is 37.4 Å². The number of fused-ring (bicyclic) bond motifs is 1. The monoisotopic (exact) mass is 269 g/mol.